The van der Waals surface area contributed by atoms with Crippen LogP contribution in [0.3, 0.4) is 0 Å². The molecule has 3 N–H and O–H groups in total. The van der Waals surface area contributed by atoms with Crippen molar-refractivity contribution in [1.82, 2.24) is 9.55 Å². The van der Waals surface area contributed by atoms with E-state index in [4.69, 9.17) is 9.84 Å². The number of aromatic amines is 1. The van der Waals surface area contributed by atoms with Gasteiger partial charge < -0.3 is 14.9 Å². The Morgan fingerprint density at radius 1 is 1.61 bits per heavy atom. The van der Waals surface area contributed by atoms with E-state index in [-0.39, 0.29) is 0 Å². The average Bonchev–Trinajstić information content (AvgIpc) is 2.52. The monoisotopic (exact) mass is 260 g/mol. The Morgan fingerprint density at radius 2 is 2.28 bits per heavy atom. The third-order valence-corrected chi connectivity index (χ3v) is 3.00. The molecule has 2 unspecified atom stereocenters. The molecule has 2 heterocycles. The first-order chi connectivity index (χ1) is 8.37. The van der Waals surface area contributed by atoms with Crippen LogP contribution >= 0.6 is 0 Å². The fourth-order valence-electron chi connectivity index (χ4n) is 1.97. The molecule has 1 saturated heterocycles. The van der Waals surface area contributed by atoms with Crippen molar-refractivity contribution in [1.29, 1.82) is 0 Å². The number of alkyl halides is 1. The van der Waals surface area contributed by atoms with Gasteiger partial charge >= 0.3 is 5.69 Å². The van der Waals surface area contributed by atoms with E-state index in [0.29, 0.717) is 0 Å². The number of ether oxygens (including phenoxy) is 1. The zero-order chi connectivity index (χ0) is 13.5. The maximum atomic E-state index is 14.3. The van der Waals surface area contributed by atoms with E-state index in [1.807, 2.05) is 4.98 Å². The summed E-state index contributed by atoms with van der Waals surface area (Å²) < 4.78 is 20.3. The van der Waals surface area contributed by atoms with Crippen LogP contribution in [0, 0.1) is 0 Å². The Kier molecular flexibility index (Phi) is 3.09. The number of nitrogens with one attached hydrogen (secondary N) is 1. The van der Waals surface area contributed by atoms with Gasteiger partial charge in [0.1, 0.15) is 12.2 Å². The molecule has 1 aliphatic rings. The zero-order valence-corrected chi connectivity index (χ0v) is 9.54. The molecule has 1 aliphatic heterocycles. The lowest BCUT2D eigenvalue weighted by Gasteiger charge is -2.24. The molecular formula is C10H13FN2O5. The van der Waals surface area contributed by atoms with Gasteiger partial charge in [-0.15, -0.1) is 0 Å². The van der Waals surface area contributed by atoms with E-state index in [2.05, 4.69) is 0 Å². The van der Waals surface area contributed by atoms with Crippen LogP contribution < -0.4 is 11.2 Å². The minimum atomic E-state index is -2.25. The Balaban J connectivity index is 2.45. The van der Waals surface area contributed by atoms with E-state index >= 15 is 0 Å². The molecule has 1 aromatic rings. The maximum absolute atomic E-state index is 14.3. The molecule has 1 aromatic heterocycles. The number of H-pyrrole nitrogens is 1. The van der Waals surface area contributed by atoms with Crippen molar-refractivity contribution in [3.8, 4) is 0 Å². The minimum Gasteiger partial charge on any atom is -0.394 e. The fourth-order valence-corrected chi connectivity index (χ4v) is 1.97. The molecule has 100 valence electrons. The largest absolute Gasteiger partial charge is 0.394 e. The highest BCUT2D eigenvalue weighted by molar-refractivity contribution is 5.01. The molecule has 0 saturated carbocycles. The van der Waals surface area contributed by atoms with Gasteiger partial charge in [-0.3, -0.25) is 14.3 Å². The molecule has 18 heavy (non-hydrogen) atoms. The molecule has 0 aliphatic carbocycles. The predicted molar refractivity (Wildman–Crippen MR) is 57.8 cm³/mol. The molecule has 0 spiro atoms. The summed E-state index contributed by atoms with van der Waals surface area (Å²) in [5.41, 5.74) is -3.72. The van der Waals surface area contributed by atoms with Gasteiger partial charge in [0.2, 0.25) is 0 Å². The van der Waals surface area contributed by atoms with Crippen molar-refractivity contribution in [3.05, 3.63) is 33.1 Å². The third-order valence-electron chi connectivity index (χ3n) is 3.00. The van der Waals surface area contributed by atoms with E-state index in [0.717, 1.165) is 23.8 Å². The quantitative estimate of drug-likeness (QED) is 0.601. The summed E-state index contributed by atoms with van der Waals surface area (Å²) in [6.07, 6.45) is -3.01. The van der Waals surface area contributed by atoms with Crippen LogP contribution in [-0.2, 0) is 4.74 Å². The maximum Gasteiger partial charge on any atom is 0.330 e. The molecule has 2 rings (SSSR count). The van der Waals surface area contributed by atoms with Gasteiger partial charge in [0, 0.05) is 12.3 Å². The van der Waals surface area contributed by atoms with Crippen LogP contribution in [0.5, 0.6) is 0 Å². The summed E-state index contributed by atoms with van der Waals surface area (Å²) in [7, 11) is 0. The number of nitrogens with zero attached hydrogens (tertiary/aromatic N) is 1. The second-order valence-electron chi connectivity index (χ2n) is 4.32. The summed E-state index contributed by atoms with van der Waals surface area (Å²) in [6.45, 7) is 0.491. The summed E-state index contributed by atoms with van der Waals surface area (Å²) >= 11 is 0. The van der Waals surface area contributed by atoms with Crippen LogP contribution in [0.2, 0.25) is 0 Å². The van der Waals surface area contributed by atoms with Crippen molar-refractivity contribution in [2.45, 2.75) is 31.0 Å². The fraction of sp³-hybridized carbons (Fsp3) is 0.600. The number of hydrogen-bond acceptors (Lipinski definition) is 5. The number of aliphatic hydroxyl groups is 2. The number of aromatic nitrogens is 2. The molecule has 0 radical (unpaired) electrons. The summed E-state index contributed by atoms with van der Waals surface area (Å²) in [5, 5.41) is 18.6. The van der Waals surface area contributed by atoms with Gasteiger partial charge in [0.05, 0.1) is 6.61 Å². The molecule has 0 amide bonds. The highest BCUT2D eigenvalue weighted by Gasteiger charge is 2.54. The van der Waals surface area contributed by atoms with Gasteiger partial charge in [0.25, 0.3) is 5.56 Å². The van der Waals surface area contributed by atoms with Crippen molar-refractivity contribution in [2.24, 2.45) is 0 Å². The molecule has 0 aromatic carbocycles. The topological polar surface area (TPSA) is 105 Å². The van der Waals surface area contributed by atoms with Crippen LogP contribution in [0.25, 0.3) is 0 Å². The van der Waals surface area contributed by atoms with E-state index in [1.54, 1.807) is 0 Å². The first-order valence-electron chi connectivity index (χ1n) is 5.32. The molecule has 0 bridgehead atoms. The van der Waals surface area contributed by atoms with Gasteiger partial charge in [-0.2, -0.15) is 0 Å². The van der Waals surface area contributed by atoms with Gasteiger partial charge in [0.15, 0.2) is 11.9 Å². The first kappa shape index (κ1) is 12.9. The van der Waals surface area contributed by atoms with Crippen LogP contribution in [0.4, 0.5) is 4.39 Å². The van der Waals surface area contributed by atoms with E-state index < -0.39 is 42.0 Å². The van der Waals surface area contributed by atoms with E-state index in [1.165, 1.54) is 0 Å². The Labute approximate surface area is 100 Å². The highest BCUT2D eigenvalue weighted by atomic mass is 19.1. The van der Waals surface area contributed by atoms with Crippen molar-refractivity contribution >= 4 is 0 Å². The summed E-state index contributed by atoms with van der Waals surface area (Å²) in [6, 6.07) is 1.04. The zero-order valence-electron chi connectivity index (χ0n) is 9.54. The van der Waals surface area contributed by atoms with Gasteiger partial charge in [-0.1, -0.05) is 0 Å². The van der Waals surface area contributed by atoms with Crippen LogP contribution in [-0.4, -0.2) is 44.2 Å². The second kappa shape index (κ2) is 4.30. The Hall–Kier alpha value is -1.51. The van der Waals surface area contributed by atoms with Crippen molar-refractivity contribution in [2.75, 3.05) is 6.61 Å². The lowest BCUT2D eigenvalue weighted by atomic mass is 9.98. The van der Waals surface area contributed by atoms with Crippen molar-refractivity contribution in [3.63, 3.8) is 0 Å². The molecule has 4 atom stereocenters. The predicted octanol–water partition coefficient (Wildman–Crippen LogP) is -1.48. The number of aliphatic hydroxyl groups excluding tert-OH is 2. The number of halogens is 1. The normalized spacial score (nSPS) is 35.9. The smallest absolute Gasteiger partial charge is 0.330 e. The van der Waals surface area contributed by atoms with Gasteiger partial charge in [-0.05, 0) is 6.92 Å². The molecule has 7 nitrogen and oxygen atoms in total. The molecule has 8 heteroatoms. The second-order valence-corrected chi connectivity index (χ2v) is 4.32. The lowest BCUT2D eigenvalue weighted by Crippen LogP contribution is -2.43. The summed E-state index contributed by atoms with van der Waals surface area (Å²) in [5.74, 6) is 0. The number of hydrogen-bond donors (Lipinski definition) is 3. The lowest BCUT2D eigenvalue weighted by molar-refractivity contribution is -0.0611. The van der Waals surface area contributed by atoms with Crippen LogP contribution in [0.1, 0.15) is 13.2 Å². The SMILES string of the molecule is CC1(F)C(O)[C@@H](CO)O[C@H]1n1ccc(=O)[nH]c1=O. The molecular weight excluding hydrogens is 247 g/mol. The van der Waals surface area contributed by atoms with E-state index in [9.17, 15) is 19.1 Å². The Morgan fingerprint density at radius 3 is 2.78 bits per heavy atom. The number of rotatable bonds is 2. The summed E-state index contributed by atoms with van der Waals surface area (Å²) in [4.78, 5) is 24.4. The average molecular weight is 260 g/mol. The third kappa shape index (κ3) is 1.88. The minimum absolute atomic E-state index is 0.574. The van der Waals surface area contributed by atoms with Crippen LogP contribution in [0.15, 0.2) is 21.9 Å². The molecule has 1 fully saturated rings. The first-order valence-corrected chi connectivity index (χ1v) is 5.32. The highest BCUT2D eigenvalue weighted by Crippen LogP contribution is 2.40. The van der Waals surface area contributed by atoms with Crippen molar-refractivity contribution < 1.29 is 19.3 Å². The Bertz CT molecular complexity index is 552. The van der Waals surface area contributed by atoms with Gasteiger partial charge in [-0.25, -0.2) is 9.18 Å². The standard InChI is InChI=1S/C10H13FN2O5/c1-10(11)7(16)5(4-14)18-8(10)13-3-2-6(15)12-9(13)17/h2-3,5,7-8,14,16H,4H2,1H3,(H,12,15,17)/t5-,7?,8-,10?/m1/s1.